The summed E-state index contributed by atoms with van der Waals surface area (Å²) in [5.74, 6) is -0.600. The fourth-order valence-electron chi connectivity index (χ4n) is 3.68. The summed E-state index contributed by atoms with van der Waals surface area (Å²) in [5.41, 5.74) is 7.95. The molecule has 0 aliphatic carbocycles. The third-order valence-corrected chi connectivity index (χ3v) is 5.46. The van der Waals surface area contributed by atoms with Gasteiger partial charge in [-0.3, -0.25) is 19.5 Å². The second-order valence-electron chi connectivity index (χ2n) is 7.92. The number of hydrogen-bond donors (Lipinski definition) is 2. The van der Waals surface area contributed by atoms with E-state index in [2.05, 4.69) is 10.3 Å². The molecule has 0 bridgehead atoms. The van der Waals surface area contributed by atoms with Crippen molar-refractivity contribution in [3.8, 4) is 0 Å². The Labute approximate surface area is 196 Å². The van der Waals surface area contributed by atoms with E-state index in [4.69, 9.17) is 5.73 Å². The summed E-state index contributed by atoms with van der Waals surface area (Å²) in [6.07, 6.45) is 3.82. The Balaban J connectivity index is 0.00000240. The molecule has 6 nitrogen and oxygen atoms in total. The van der Waals surface area contributed by atoms with Crippen LogP contribution >= 0.6 is 24.8 Å². The van der Waals surface area contributed by atoms with Crippen molar-refractivity contribution in [2.75, 3.05) is 6.54 Å². The number of nitrogens with two attached hydrogens (primary N) is 1. The third kappa shape index (κ3) is 6.74. The molecular formula is C23H32Cl2N4O2. The highest BCUT2D eigenvalue weighted by molar-refractivity contribution is 6.00. The van der Waals surface area contributed by atoms with Crippen molar-refractivity contribution in [1.29, 1.82) is 0 Å². The van der Waals surface area contributed by atoms with Crippen LogP contribution in [-0.4, -0.2) is 40.3 Å². The minimum absolute atomic E-state index is 0. The number of aromatic nitrogens is 1. The number of nitrogens with one attached hydrogen (secondary N) is 1. The fourth-order valence-corrected chi connectivity index (χ4v) is 3.68. The van der Waals surface area contributed by atoms with Crippen molar-refractivity contribution < 1.29 is 9.59 Å². The van der Waals surface area contributed by atoms with Gasteiger partial charge in [-0.1, -0.05) is 50.2 Å². The van der Waals surface area contributed by atoms with Crippen LogP contribution in [0.3, 0.4) is 0 Å². The first kappa shape index (κ1) is 27.0. The molecule has 2 amide bonds. The normalized spacial score (nSPS) is 17.2. The molecule has 1 aromatic carbocycles. The first-order valence-corrected chi connectivity index (χ1v) is 10.3. The van der Waals surface area contributed by atoms with Gasteiger partial charge in [0, 0.05) is 18.3 Å². The summed E-state index contributed by atoms with van der Waals surface area (Å²) in [5, 5.41) is 3.23. The Morgan fingerprint density at radius 2 is 1.81 bits per heavy atom. The van der Waals surface area contributed by atoms with Crippen molar-refractivity contribution in [2.24, 2.45) is 11.7 Å². The van der Waals surface area contributed by atoms with E-state index in [9.17, 15) is 9.59 Å². The lowest BCUT2D eigenvalue weighted by Gasteiger charge is -2.35. The van der Waals surface area contributed by atoms with E-state index >= 15 is 0 Å². The second kappa shape index (κ2) is 12.8. The molecule has 0 saturated carbocycles. The largest absolute Gasteiger partial charge is 0.320 e. The van der Waals surface area contributed by atoms with Crippen molar-refractivity contribution in [3.05, 3.63) is 66.0 Å². The third-order valence-electron chi connectivity index (χ3n) is 5.46. The number of carbonyl (C=O) groups excluding carboxylic acids is 2. The second-order valence-corrected chi connectivity index (χ2v) is 7.92. The molecule has 0 unspecified atom stereocenters. The van der Waals surface area contributed by atoms with Gasteiger partial charge in [-0.15, -0.1) is 24.8 Å². The van der Waals surface area contributed by atoms with Crippen LogP contribution in [0.1, 0.15) is 44.0 Å². The summed E-state index contributed by atoms with van der Waals surface area (Å²) >= 11 is 0. The molecule has 1 aliphatic rings. The van der Waals surface area contributed by atoms with Crippen LogP contribution in [0.4, 0.5) is 0 Å². The average molecular weight is 467 g/mol. The highest BCUT2D eigenvalue weighted by Crippen LogP contribution is 2.28. The number of nitrogens with zero attached hydrogens (tertiary/aromatic N) is 2. The van der Waals surface area contributed by atoms with Crippen LogP contribution in [0.25, 0.3) is 0 Å². The van der Waals surface area contributed by atoms with Crippen LogP contribution in [-0.2, 0) is 16.0 Å². The molecular weight excluding hydrogens is 435 g/mol. The highest BCUT2D eigenvalue weighted by atomic mass is 35.5. The number of hydrogen-bond acceptors (Lipinski definition) is 5. The van der Waals surface area contributed by atoms with E-state index in [1.807, 2.05) is 62.4 Å². The highest BCUT2D eigenvalue weighted by Gasteiger charge is 2.39. The van der Waals surface area contributed by atoms with Crippen LogP contribution in [0, 0.1) is 5.92 Å². The molecule has 2 aromatic rings. The zero-order valence-electron chi connectivity index (χ0n) is 17.9. The molecule has 1 aromatic heterocycles. The molecule has 170 valence electrons. The van der Waals surface area contributed by atoms with Gasteiger partial charge < -0.3 is 11.1 Å². The first-order valence-electron chi connectivity index (χ1n) is 10.3. The van der Waals surface area contributed by atoms with Crippen LogP contribution in [0.2, 0.25) is 0 Å². The lowest BCUT2D eigenvalue weighted by atomic mass is 9.96. The molecule has 1 aliphatic heterocycles. The molecule has 3 rings (SSSR count). The van der Waals surface area contributed by atoms with E-state index < -0.39 is 12.1 Å². The molecule has 31 heavy (non-hydrogen) atoms. The Morgan fingerprint density at radius 1 is 1.13 bits per heavy atom. The number of benzene rings is 1. The van der Waals surface area contributed by atoms with E-state index in [-0.39, 0.29) is 48.6 Å². The predicted octanol–water partition coefficient (Wildman–Crippen LogP) is 3.30. The summed E-state index contributed by atoms with van der Waals surface area (Å²) in [6.45, 7) is 4.58. The van der Waals surface area contributed by atoms with Gasteiger partial charge in [0.1, 0.15) is 0 Å². The maximum absolute atomic E-state index is 13.5. The maximum atomic E-state index is 13.5. The lowest BCUT2D eigenvalue weighted by Crippen LogP contribution is -2.55. The van der Waals surface area contributed by atoms with Crippen LogP contribution in [0.5, 0.6) is 0 Å². The monoisotopic (exact) mass is 466 g/mol. The maximum Gasteiger partial charge on any atom is 0.246 e. The van der Waals surface area contributed by atoms with Gasteiger partial charge in [-0.2, -0.15) is 0 Å². The van der Waals surface area contributed by atoms with Crippen molar-refractivity contribution >= 4 is 36.6 Å². The fraction of sp³-hybridized carbons (Fsp3) is 0.435. The number of carbonyl (C=O) groups is 2. The standard InChI is InChI=1S/C23H30N4O2.2ClH/c1-16(2)21(24)23(29)27(22(28)19-12-8-14-26-19)20(17-9-4-3-5-10-17)15-18-11-6-7-13-25-18;;/h3-7,9-11,13,16,19-21,26H,8,12,14-15,24H2,1-2H3;2*1H/t19-,20-,21-;;/m0../s1. The first-order chi connectivity index (χ1) is 14.0. The van der Waals surface area contributed by atoms with Gasteiger partial charge in [-0.25, -0.2) is 0 Å². The molecule has 3 N–H and O–H groups in total. The zero-order chi connectivity index (χ0) is 20.8. The predicted molar refractivity (Wildman–Crippen MR) is 127 cm³/mol. The van der Waals surface area contributed by atoms with Crippen molar-refractivity contribution in [1.82, 2.24) is 15.2 Å². The van der Waals surface area contributed by atoms with Gasteiger partial charge in [0.25, 0.3) is 0 Å². The average Bonchev–Trinajstić information content (AvgIpc) is 3.28. The van der Waals surface area contributed by atoms with Gasteiger partial charge >= 0.3 is 0 Å². The smallest absolute Gasteiger partial charge is 0.246 e. The number of amides is 2. The van der Waals surface area contributed by atoms with Gasteiger partial charge in [0.05, 0.1) is 18.1 Å². The van der Waals surface area contributed by atoms with Crippen molar-refractivity contribution in [2.45, 2.75) is 51.2 Å². The number of pyridine rings is 1. The zero-order valence-corrected chi connectivity index (χ0v) is 19.6. The van der Waals surface area contributed by atoms with E-state index in [1.54, 1.807) is 6.20 Å². The Hall–Kier alpha value is -1.99. The number of rotatable bonds is 7. The van der Waals surface area contributed by atoms with Crippen LogP contribution < -0.4 is 11.1 Å². The Morgan fingerprint density at radius 3 is 2.35 bits per heavy atom. The Bertz CT molecular complexity index is 801. The number of imide groups is 1. The SMILES string of the molecule is CC(C)[C@H](N)C(=O)N(C(=O)[C@@H]1CCCN1)[C@@H](Cc1ccccn1)c1ccccc1.Cl.Cl. The molecule has 0 spiro atoms. The van der Waals surface area contributed by atoms with Gasteiger partial charge in [-0.05, 0) is 43.0 Å². The molecule has 8 heteroatoms. The van der Waals surface area contributed by atoms with E-state index in [0.717, 1.165) is 30.6 Å². The molecule has 3 atom stereocenters. The quantitative estimate of drug-likeness (QED) is 0.653. The summed E-state index contributed by atoms with van der Waals surface area (Å²) in [7, 11) is 0. The lowest BCUT2D eigenvalue weighted by molar-refractivity contribution is -0.150. The van der Waals surface area contributed by atoms with Crippen molar-refractivity contribution in [3.63, 3.8) is 0 Å². The molecule has 0 radical (unpaired) electrons. The minimum Gasteiger partial charge on any atom is -0.320 e. The van der Waals surface area contributed by atoms with E-state index in [1.165, 1.54) is 4.90 Å². The number of halogens is 2. The summed E-state index contributed by atoms with van der Waals surface area (Å²) in [6, 6.07) is 13.8. The topological polar surface area (TPSA) is 88.3 Å². The van der Waals surface area contributed by atoms with E-state index in [0.29, 0.717) is 6.42 Å². The molecule has 1 fully saturated rings. The van der Waals surface area contributed by atoms with Crippen LogP contribution in [0.15, 0.2) is 54.7 Å². The Kier molecular flexibility index (Phi) is 11.1. The summed E-state index contributed by atoms with van der Waals surface area (Å²) < 4.78 is 0. The summed E-state index contributed by atoms with van der Waals surface area (Å²) in [4.78, 5) is 32.7. The van der Waals surface area contributed by atoms with Gasteiger partial charge in [0.2, 0.25) is 11.8 Å². The van der Waals surface area contributed by atoms with Gasteiger partial charge in [0.15, 0.2) is 0 Å². The molecule has 1 saturated heterocycles. The molecule has 2 heterocycles. The minimum atomic E-state index is -0.740.